The number of carbonyl (C=O) groups is 1. The fourth-order valence-corrected chi connectivity index (χ4v) is 0.340. The van der Waals surface area contributed by atoms with Gasteiger partial charge in [-0.05, 0) is 0 Å². The maximum absolute atomic E-state index is 11.3. The normalized spacial score (nSPS) is 11.3. The number of nitrogens with one attached hydrogen (secondary N) is 1. The standard InChI is InChI=1S/C4H5BrF3NO2/c5-1-3(10)9-11-2-4(6,7)8/h1-2H2,(H,9,10). The summed E-state index contributed by atoms with van der Waals surface area (Å²) in [6.45, 7) is -1.48. The van der Waals surface area contributed by atoms with E-state index < -0.39 is 18.7 Å². The molecule has 0 saturated carbocycles. The first-order valence-corrected chi connectivity index (χ1v) is 3.61. The molecule has 7 heteroatoms. The molecule has 0 fully saturated rings. The van der Waals surface area contributed by atoms with Crippen LogP contribution in [0, 0.1) is 0 Å². The predicted molar refractivity (Wildman–Crippen MR) is 33.9 cm³/mol. The first-order chi connectivity index (χ1) is 4.95. The van der Waals surface area contributed by atoms with Gasteiger partial charge in [0.25, 0.3) is 5.91 Å². The summed E-state index contributed by atoms with van der Waals surface area (Å²) in [7, 11) is 0. The van der Waals surface area contributed by atoms with Crippen molar-refractivity contribution in [2.24, 2.45) is 0 Å². The number of amides is 1. The highest BCUT2D eigenvalue weighted by molar-refractivity contribution is 9.09. The molecule has 0 aromatic heterocycles. The van der Waals surface area contributed by atoms with Crippen LogP contribution in [0.4, 0.5) is 13.2 Å². The highest BCUT2D eigenvalue weighted by Gasteiger charge is 2.28. The van der Waals surface area contributed by atoms with E-state index in [2.05, 4.69) is 20.8 Å². The van der Waals surface area contributed by atoms with E-state index in [1.807, 2.05) is 0 Å². The fraction of sp³-hybridized carbons (Fsp3) is 0.750. The summed E-state index contributed by atoms with van der Waals surface area (Å²) < 4.78 is 34.0. The van der Waals surface area contributed by atoms with E-state index >= 15 is 0 Å². The van der Waals surface area contributed by atoms with Crippen LogP contribution in [0.25, 0.3) is 0 Å². The molecule has 66 valence electrons. The van der Waals surface area contributed by atoms with Crippen molar-refractivity contribution in [2.45, 2.75) is 6.18 Å². The van der Waals surface area contributed by atoms with Crippen molar-refractivity contribution < 1.29 is 22.8 Å². The zero-order chi connectivity index (χ0) is 8.91. The minimum Gasteiger partial charge on any atom is -0.272 e. The van der Waals surface area contributed by atoms with Crippen LogP contribution in [-0.4, -0.2) is 24.0 Å². The van der Waals surface area contributed by atoms with Crippen molar-refractivity contribution in [1.29, 1.82) is 0 Å². The van der Waals surface area contributed by atoms with Crippen LogP contribution in [-0.2, 0) is 9.63 Å². The second-order valence-corrected chi connectivity index (χ2v) is 2.12. The van der Waals surface area contributed by atoms with Crippen molar-refractivity contribution in [3.8, 4) is 0 Å². The van der Waals surface area contributed by atoms with Gasteiger partial charge < -0.3 is 0 Å². The van der Waals surface area contributed by atoms with Crippen LogP contribution < -0.4 is 5.48 Å². The molecular weight excluding hydrogens is 231 g/mol. The van der Waals surface area contributed by atoms with Crippen LogP contribution in [0.1, 0.15) is 0 Å². The van der Waals surface area contributed by atoms with E-state index in [9.17, 15) is 18.0 Å². The molecule has 0 spiro atoms. The zero-order valence-electron chi connectivity index (χ0n) is 5.24. The Morgan fingerprint density at radius 1 is 1.55 bits per heavy atom. The Morgan fingerprint density at radius 2 is 2.09 bits per heavy atom. The first kappa shape index (κ1) is 10.7. The molecule has 0 rings (SSSR count). The molecule has 1 amide bonds. The molecule has 0 aliphatic carbocycles. The van der Waals surface area contributed by atoms with Gasteiger partial charge in [0.05, 0.1) is 5.33 Å². The number of rotatable bonds is 3. The van der Waals surface area contributed by atoms with E-state index in [0.29, 0.717) is 0 Å². The van der Waals surface area contributed by atoms with Crippen molar-refractivity contribution in [3.63, 3.8) is 0 Å². The first-order valence-electron chi connectivity index (χ1n) is 2.49. The number of alkyl halides is 4. The molecule has 0 saturated heterocycles. The van der Waals surface area contributed by atoms with Gasteiger partial charge in [-0.15, -0.1) is 0 Å². The molecular formula is C4H5BrF3NO2. The predicted octanol–water partition coefficient (Wildman–Crippen LogP) is 0.991. The second-order valence-electron chi connectivity index (χ2n) is 1.56. The van der Waals surface area contributed by atoms with E-state index in [4.69, 9.17) is 0 Å². The van der Waals surface area contributed by atoms with E-state index in [1.54, 1.807) is 5.48 Å². The third-order valence-electron chi connectivity index (χ3n) is 0.543. The molecule has 0 atom stereocenters. The second kappa shape index (κ2) is 4.55. The molecule has 0 aliphatic rings. The molecule has 1 N–H and O–H groups in total. The third-order valence-corrected chi connectivity index (χ3v) is 1.05. The SMILES string of the molecule is O=C(CBr)NOCC(F)(F)F. The quantitative estimate of drug-likeness (QED) is 0.586. The van der Waals surface area contributed by atoms with Gasteiger partial charge >= 0.3 is 6.18 Å². The van der Waals surface area contributed by atoms with Gasteiger partial charge in [-0.3, -0.25) is 9.63 Å². The van der Waals surface area contributed by atoms with Crippen LogP contribution in [0.3, 0.4) is 0 Å². The van der Waals surface area contributed by atoms with Gasteiger partial charge in [0.1, 0.15) is 0 Å². The number of carbonyl (C=O) groups excluding carboxylic acids is 1. The Hall–Kier alpha value is -0.300. The van der Waals surface area contributed by atoms with Crippen LogP contribution >= 0.6 is 15.9 Å². The van der Waals surface area contributed by atoms with Crippen molar-refractivity contribution in [3.05, 3.63) is 0 Å². The Labute approximate surface area is 69.0 Å². The summed E-state index contributed by atoms with van der Waals surface area (Å²) in [5.41, 5.74) is 1.58. The Bertz CT molecular complexity index is 138. The summed E-state index contributed by atoms with van der Waals surface area (Å²) in [6, 6.07) is 0. The number of hydrogen-bond donors (Lipinski definition) is 1. The van der Waals surface area contributed by atoms with E-state index in [1.165, 1.54) is 0 Å². The minimum atomic E-state index is -4.42. The average molecular weight is 236 g/mol. The molecule has 3 nitrogen and oxygen atoms in total. The largest absolute Gasteiger partial charge is 0.414 e. The summed E-state index contributed by atoms with van der Waals surface area (Å²) in [5, 5.41) is -0.0924. The summed E-state index contributed by atoms with van der Waals surface area (Å²) in [5.74, 6) is -0.658. The van der Waals surface area contributed by atoms with Crippen LogP contribution in [0.15, 0.2) is 0 Å². The lowest BCUT2D eigenvalue weighted by Gasteiger charge is -2.06. The van der Waals surface area contributed by atoms with Gasteiger partial charge in [-0.25, -0.2) is 5.48 Å². The molecule has 0 bridgehead atoms. The minimum absolute atomic E-state index is 0.0924. The zero-order valence-corrected chi connectivity index (χ0v) is 6.83. The Morgan fingerprint density at radius 3 is 2.45 bits per heavy atom. The van der Waals surface area contributed by atoms with E-state index in [0.717, 1.165) is 0 Å². The smallest absolute Gasteiger partial charge is 0.272 e. The van der Waals surface area contributed by atoms with E-state index in [-0.39, 0.29) is 5.33 Å². The van der Waals surface area contributed by atoms with Crippen molar-refractivity contribution in [2.75, 3.05) is 11.9 Å². The monoisotopic (exact) mass is 235 g/mol. The molecule has 0 aromatic carbocycles. The Balaban J connectivity index is 3.35. The lowest BCUT2D eigenvalue weighted by molar-refractivity contribution is -0.191. The van der Waals surface area contributed by atoms with Gasteiger partial charge in [0.15, 0.2) is 6.61 Å². The number of halogens is 4. The maximum atomic E-state index is 11.3. The maximum Gasteiger partial charge on any atom is 0.414 e. The molecule has 0 radical (unpaired) electrons. The number of hydrogen-bond acceptors (Lipinski definition) is 2. The Kier molecular flexibility index (Phi) is 4.43. The van der Waals surface area contributed by atoms with Gasteiger partial charge in [0.2, 0.25) is 0 Å². The molecule has 0 aromatic rings. The highest BCUT2D eigenvalue weighted by atomic mass is 79.9. The molecule has 0 heterocycles. The van der Waals surface area contributed by atoms with Crippen molar-refractivity contribution in [1.82, 2.24) is 5.48 Å². The third kappa shape index (κ3) is 7.60. The summed E-state index contributed by atoms with van der Waals surface area (Å²) >= 11 is 2.72. The highest BCUT2D eigenvalue weighted by Crippen LogP contribution is 2.13. The summed E-state index contributed by atoms with van der Waals surface area (Å²) in [4.78, 5) is 14.0. The van der Waals surface area contributed by atoms with Gasteiger partial charge in [-0.2, -0.15) is 13.2 Å². The van der Waals surface area contributed by atoms with Crippen LogP contribution in [0.5, 0.6) is 0 Å². The molecule has 0 unspecified atom stereocenters. The molecule has 11 heavy (non-hydrogen) atoms. The van der Waals surface area contributed by atoms with Gasteiger partial charge in [0, 0.05) is 0 Å². The topological polar surface area (TPSA) is 38.3 Å². The average Bonchev–Trinajstić information content (AvgIpc) is 1.85. The van der Waals surface area contributed by atoms with Crippen molar-refractivity contribution >= 4 is 21.8 Å². The lowest BCUT2D eigenvalue weighted by Crippen LogP contribution is -2.30. The number of hydroxylamine groups is 1. The molecule has 0 aliphatic heterocycles. The lowest BCUT2D eigenvalue weighted by atomic mass is 10.7. The fourth-order valence-electron chi connectivity index (χ4n) is 0.226. The van der Waals surface area contributed by atoms with Crippen LogP contribution in [0.2, 0.25) is 0 Å². The summed E-state index contributed by atoms with van der Waals surface area (Å²) in [6.07, 6.45) is -4.42. The van der Waals surface area contributed by atoms with Gasteiger partial charge in [-0.1, -0.05) is 15.9 Å².